The van der Waals surface area contributed by atoms with Gasteiger partial charge < -0.3 is 5.32 Å². The van der Waals surface area contributed by atoms with Crippen LogP contribution in [0, 0.1) is 10.1 Å². The molecular weight excluding hydrogens is 457 g/mol. The summed E-state index contributed by atoms with van der Waals surface area (Å²) >= 11 is 13.8. The quantitative estimate of drug-likeness (QED) is 0.253. The van der Waals surface area contributed by atoms with Crippen LogP contribution in [0.3, 0.4) is 0 Å². The second kappa shape index (κ2) is 8.85. The number of anilines is 1. The molecular formula is C22H13Cl2N3O3S. The summed E-state index contributed by atoms with van der Waals surface area (Å²) in [6, 6.07) is 18.4. The van der Waals surface area contributed by atoms with E-state index in [1.54, 1.807) is 18.2 Å². The normalized spacial score (nSPS) is 10.6. The fourth-order valence-corrected chi connectivity index (χ4v) is 4.27. The molecule has 0 atom stereocenters. The third-order valence-electron chi connectivity index (χ3n) is 4.43. The first-order valence-corrected chi connectivity index (χ1v) is 10.6. The number of carbonyl (C=O) groups excluding carboxylic acids is 1. The van der Waals surface area contributed by atoms with Crippen molar-refractivity contribution in [3.05, 3.63) is 97.8 Å². The molecule has 0 aliphatic rings. The molecule has 0 fully saturated rings. The van der Waals surface area contributed by atoms with Crippen molar-refractivity contribution in [2.45, 2.75) is 0 Å². The first-order valence-electron chi connectivity index (χ1n) is 8.98. The number of benzene rings is 3. The molecule has 0 bridgehead atoms. The molecule has 1 heterocycles. The van der Waals surface area contributed by atoms with E-state index < -0.39 is 10.8 Å². The van der Waals surface area contributed by atoms with Gasteiger partial charge in [-0.3, -0.25) is 14.9 Å². The van der Waals surface area contributed by atoms with Crippen LogP contribution in [0.4, 0.5) is 11.4 Å². The van der Waals surface area contributed by atoms with Crippen molar-refractivity contribution in [3.63, 3.8) is 0 Å². The Kier molecular flexibility index (Phi) is 5.99. The van der Waals surface area contributed by atoms with E-state index in [9.17, 15) is 14.9 Å². The minimum absolute atomic E-state index is 0.0240. The molecule has 6 nitrogen and oxygen atoms in total. The second-order valence-corrected chi connectivity index (χ2v) is 8.15. The summed E-state index contributed by atoms with van der Waals surface area (Å²) in [4.78, 5) is 27.7. The summed E-state index contributed by atoms with van der Waals surface area (Å²) in [5.74, 6) is -0.541. The monoisotopic (exact) mass is 469 g/mol. The predicted molar refractivity (Wildman–Crippen MR) is 124 cm³/mol. The average Bonchev–Trinajstić information content (AvgIpc) is 3.24. The van der Waals surface area contributed by atoms with Gasteiger partial charge in [0.25, 0.3) is 11.6 Å². The molecule has 0 aliphatic carbocycles. The largest absolute Gasteiger partial charge is 0.322 e. The number of nitro benzene ring substituents is 1. The van der Waals surface area contributed by atoms with Gasteiger partial charge in [0.15, 0.2) is 0 Å². The number of carbonyl (C=O) groups is 1. The second-order valence-electron chi connectivity index (χ2n) is 6.47. The van der Waals surface area contributed by atoms with Crippen LogP contribution in [0.25, 0.3) is 21.8 Å². The molecule has 0 radical (unpaired) electrons. The van der Waals surface area contributed by atoms with E-state index in [-0.39, 0.29) is 16.3 Å². The maximum Gasteiger partial charge on any atom is 0.270 e. The lowest BCUT2D eigenvalue weighted by Gasteiger charge is -2.08. The molecule has 9 heteroatoms. The van der Waals surface area contributed by atoms with Crippen LogP contribution in [-0.4, -0.2) is 15.8 Å². The van der Waals surface area contributed by atoms with Gasteiger partial charge in [-0.1, -0.05) is 53.5 Å². The molecule has 0 saturated heterocycles. The van der Waals surface area contributed by atoms with Crippen molar-refractivity contribution in [1.82, 2.24) is 4.98 Å². The third-order valence-corrected chi connectivity index (χ3v) is 5.96. The Hall–Kier alpha value is -3.26. The number of aromatic nitrogens is 1. The molecule has 1 aromatic heterocycles. The van der Waals surface area contributed by atoms with Gasteiger partial charge in [0.1, 0.15) is 5.01 Å². The van der Waals surface area contributed by atoms with E-state index in [0.29, 0.717) is 10.7 Å². The highest BCUT2D eigenvalue weighted by Gasteiger charge is 2.16. The number of nitrogens with zero attached hydrogens (tertiary/aromatic N) is 2. The fraction of sp³-hybridized carbons (Fsp3) is 0. The van der Waals surface area contributed by atoms with Crippen LogP contribution < -0.4 is 5.32 Å². The molecule has 3 aromatic carbocycles. The van der Waals surface area contributed by atoms with Crippen molar-refractivity contribution in [2.24, 2.45) is 0 Å². The molecule has 0 spiro atoms. The minimum atomic E-state index is -0.577. The van der Waals surface area contributed by atoms with Crippen LogP contribution in [0.5, 0.6) is 0 Å². The fourth-order valence-electron chi connectivity index (χ4n) is 2.92. The number of hydrogen-bond acceptors (Lipinski definition) is 5. The molecule has 1 amide bonds. The first kappa shape index (κ1) is 21.0. The van der Waals surface area contributed by atoms with Crippen LogP contribution >= 0.6 is 34.5 Å². The van der Waals surface area contributed by atoms with E-state index >= 15 is 0 Å². The smallest absolute Gasteiger partial charge is 0.270 e. The molecule has 0 unspecified atom stereocenters. The molecule has 4 rings (SSSR count). The number of non-ortho nitro benzene ring substituents is 1. The summed E-state index contributed by atoms with van der Waals surface area (Å²) in [6.45, 7) is 0. The number of amides is 1. The van der Waals surface area contributed by atoms with Gasteiger partial charge in [0, 0.05) is 34.3 Å². The van der Waals surface area contributed by atoms with E-state index in [1.165, 1.54) is 23.5 Å². The van der Waals surface area contributed by atoms with E-state index in [4.69, 9.17) is 23.2 Å². The highest BCUT2D eigenvalue weighted by atomic mass is 35.5. The lowest BCUT2D eigenvalue weighted by atomic mass is 10.1. The zero-order valence-electron chi connectivity index (χ0n) is 15.7. The Bertz CT molecular complexity index is 1310. The Balaban J connectivity index is 1.59. The third kappa shape index (κ3) is 4.59. The lowest BCUT2D eigenvalue weighted by molar-refractivity contribution is -0.384. The predicted octanol–water partition coefficient (Wildman–Crippen LogP) is 6.94. The maximum atomic E-state index is 12.6. The van der Waals surface area contributed by atoms with E-state index in [1.807, 2.05) is 35.7 Å². The van der Waals surface area contributed by atoms with Crippen LogP contribution in [0.15, 0.2) is 72.1 Å². The topological polar surface area (TPSA) is 85.1 Å². The Morgan fingerprint density at radius 1 is 1.00 bits per heavy atom. The Labute approximate surface area is 191 Å². The van der Waals surface area contributed by atoms with Gasteiger partial charge in [-0.2, -0.15) is 0 Å². The summed E-state index contributed by atoms with van der Waals surface area (Å²) in [6.07, 6.45) is 0. The van der Waals surface area contributed by atoms with Crippen molar-refractivity contribution >= 4 is 51.8 Å². The minimum Gasteiger partial charge on any atom is -0.322 e. The van der Waals surface area contributed by atoms with Crippen LogP contribution in [0.1, 0.15) is 10.4 Å². The first-order chi connectivity index (χ1) is 14.9. The molecule has 154 valence electrons. The van der Waals surface area contributed by atoms with Gasteiger partial charge in [0.2, 0.25) is 0 Å². The van der Waals surface area contributed by atoms with Gasteiger partial charge in [0.05, 0.1) is 26.2 Å². The lowest BCUT2D eigenvalue weighted by Crippen LogP contribution is -2.12. The summed E-state index contributed by atoms with van der Waals surface area (Å²) < 4.78 is 0. The highest BCUT2D eigenvalue weighted by molar-refractivity contribution is 7.13. The van der Waals surface area contributed by atoms with Crippen molar-refractivity contribution in [1.29, 1.82) is 0 Å². The number of nitro groups is 1. The van der Waals surface area contributed by atoms with Crippen LogP contribution in [0.2, 0.25) is 10.0 Å². The zero-order chi connectivity index (χ0) is 22.0. The van der Waals surface area contributed by atoms with Gasteiger partial charge in [-0.15, -0.1) is 11.3 Å². The van der Waals surface area contributed by atoms with Crippen molar-refractivity contribution < 1.29 is 9.72 Å². The van der Waals surface area contributed by atoms with E-state index in [2.05, 4.69) is 10.3 Å². The van der Waals surface area contributed by atoms with Gasteiger partial charge in [-0.25, -0.2) is 4.98 Å². The molecule has 0 aliphatic heterocycles. The molecule has 31 heavy (non-hydrogen) atoms. The maximum absolute atomic E-state index is 12.6. The van der Waals surface area contributed by atoms with Crippen LogP contribution in [-0.2, 0) is 0 Å². The molecule has 1 N–H and O–H groups in total. The summed E-state index contributed by atoms with van der Waals surface area (Å²) in [5.41, 5.74) is 2.72. The zero-order valence-corrected chi connectivity index (χ0v) is 18.0. The average molecular weight is 470 g/mol. The molecule has 0 saturated carbocycles. The molecule has 4 aromatic rings. The number of hydrogen-bond donors (Lipinski definition) is 1. The van der Waals surface area contributed by atoms with Gasteiger partial charge >= 0.3 is 0 Å². The Morgan fingerprint density at radius 3 is 2.58 bits per heavy atom. The SMILES string of the molecule is O=C(Nc1cccc(-c2csc(-c3ccccc3Cl)n2)c1)c1cc([N+](=O)[O-])ccc1Cl. The number of nitrogens with one attached hydrogen (secondary N) is 1. The number of rotatable bonds is 5. The van der Waals surface area contributed by atoms with Crippen molar-refractivity contribution in [2.75, 3.05) is 5.32 Å². The van der Waals surface area contributed by atoms with E-state index in [0.717, 1.165) is 27.9 Å². The highest BCUT2D eigenvalue weighted by Crippen LogP contribution is 2.33. The van der Waals surface area contributed by atoms with Crippen molar-refractivity contribution in [3.8, 4) is 21.8 Å². The van der Waals surface area contributed by atoms with Gasteiger partial charge in [-0.05, 0) is 24.3 Å². The number of halogens is 2. The number of thiazole rings is 1. The summed E-state index contributed by atoms with van der Waals surface area (Å²) in [7, 11) is 0. The standard InChI is InChI=1S/C22H13Cl2N3O3S/c23-18-7-2-1-6-16(18)22-26-20(12-31-22)13-4-3-5-14(10-13)25-21(28)17-11-15(27(29)30)8-9-19(17)24/h1-12H,(H,25,28). The summed E-state index contributed by atoms with van der Waals surface area (Å²) in [5, 5.41) is 17.2. The Morgan fingerprint density at radius 2 is 1.81 bits per heavy atom.